The van der Waals surface area contributed by atoms with Crippen molar-refractivity contribution in [3.05, 3.63) is 72.8 Å². The fourth-order valence-corrected chi connectivity index (χ4v) is 3.81. The third kappa shape index (κ3) is 3.50. The molecule has 0 radical (unpaired) electrons. The lowest BCUT2D eigenvalue weighted by Gasteiger charge is -2.09. The molecule has 0 spiro atoms. The van der Waals surface area contributed by atoms with Crippen LogP contribution >= 0.6 is 0 Å². The Kier molecular flexibility index (Phi) is 4.29. The summed E-state index contributed by atoms with van der Waals surface area (Å²) in [5.74, 6) is 1.36. The first-order valence-corrected chi connectivity index (χ1v) is 9.75. The van der Waals surface area contributed by atoms with Crippen LogP contribution < -0.4 is 9.46 Å². The lowest BCUT2D eigenvalue weighted by molar-refractivity contribution is 0.415. The highest BCUT2D eigenvalue weighted by atomic mass is 32.2. The van der Waals surface area contributed by atoms with Crippen LogP contribution in [0.4, 0.5) is 5.69 Å². The molecule has 4 aromatic rings. The van der Waals surface area contributed by atoms with E-state index < -0.39 is 10.0 Å². The van der Waals surface area contributed by atoms with Crippen LogP contribution in [0.1, 0.15) is 0 Å². The molecule has 0 unspecified atom stereocenters. The summed E-state index contributed by atoms with van der Waals surface area (Å²) in [6, 6.07) is 21.0. The number of hydrogen-bond donors (Lipinski definition) is 2. The minimum absolute atomic E-state index is 0.179. The number of sulfonamides is 1. The van der Waals surface area contributed by atoms with Gasteiger partial charge in [-0.05, 0) is 60.7 Å². The predicted molar refractivity (Wildman–Crippen MR) is 105 cm³/mol. The van der Waals surface area contributed by atoms with Crippen molar-refractivity contribution in [2.45, 2.75) is 4.90 Å². The van der Waals surface area contributed by atoms with Crippen LogP contribution in [0.5, 0.6) is 5.75 Å². The number of benzene rings is 3. The molecule has 0 saturated carbocycles. The molecule has 0 aliphatic rings. The average Bonchev–Trinajstić information content (AvgIpc) is 3.13. The van der Waals surface area contributed by atoms with Crippen molar-refractivity contribution in [1.29, 1.82) is 0 Å². The molecule has 6 nitrogen and oxygen atoms in total. The van der Waals surface area contributed by atoms with Crippen molar-refractivity contribution in [2.24, 2.45) is 0 Å². The van der Waals surface area contributed by atoms with E-state index in [1.54, 1.807) is 55.6 Å². The van der Waals surface area contributed by atoms with Crippen LogP contribution in [0.3, 0.4) is 0 Å². The summed E-state index contributed by atoms with van der Waals surface area (Å²) in [6.45, 7) is 0. The molecule has 0 bridgehead atoms. The summed E-state index contributed by atoms with van der Waals surface area (Å²) in [6.07, 6.45) is 0. The number of H-pyrrole nitrogens is 1. The highest BCUT2D eigenvalue weighted by molar-refractivity contribution is 7.92. The number of anilines is 1. The van der Waals surface area contributed by atoms with E-state index in [4.69, 9.17) is 4.74 Å². The van der Waals surface area contributed by atoms with Gasteiger partial charge in [0, 0.05) is 11.3 Å². The van der Waals surface area contributed by atoms with Gasteiger partial charge in [0.2, 0.25) is 0 Å². The van der Waals surface area contributed by atoms with Crippen molar-refractivity contribution in [1.82, 2.24) is 9.97 Å². The van der Waals surface area contributed by atoms with Crippen molar-refractivity contribution >= 4 is 26.7 Å². The lowest BCUT2D eigenvalue weighted by atomic mass is 10.2. The van der Waals surface area contributed by atoms with Gasteiger partial charge in [-0.15, -0.1) is 0 Å². The third-order valence-electron chi connectivity index (χ3n) is 4.17. The number of methoxy groups -OCH3 is 1. The lowest BCUT2D eigenvalue weighted by Crippen LogP contribution is -2.12. The van der Waals surface area contributed by atoms with Crippen LogP contribution in [0.25, 0.3) is 22.4 Å². The molecular weight excluding hydrogens is 362 g/mol. The van der Waals surface area contributed by atoms with Crippen molar-refractivity contribution in [3.63, 3.8) is 0 Å². The molecule has 4 rings (SSSR count). The Morgan fingerprint density at radius 3 is 2.30 bits per heavy atom. The first-order valence-electron chi connectivity index (χ1n) is 8.27. The van der Waals surface area contributed by atoms with E-state index in [1.807, 2.05) is 24.3 Å². The molecule has 2 N–H and O–H groups in total. The molecule has 0 saturated heterocycles. The fourth-order valence-electron chi connectivity index (χ4n) is 2.75. The van der Waals surface area contributed by atoms with Gasteiger partial charge in [0.1, 0.15) is 11.6 Å². The Balaban J connectivity index is 1.58. The van der Waals surface area contributed by atoms with E-state index in [1.165, 1.54) is 0 Å². The van der Waals surface area contributed by atoms with Gasteiger partial charge in [0.25, 0.3) is 10.0 Å². The molecule has 7 heteroatoms. The van der Waals surface area contributed by atoms with Crippen molar-refractivity contribution in [3.8, 4) is 17.1 Å². The predicted octanol–water partition coefficient (Wildman–Crippen LogP) is 4.04. The summed E-state index contributed by atoms with van der Waals surface area (Å²) >= 11 is 0. The summed E-state index contributed by atoms with van der Waals surface area (Å²) in [5.41, 5.74) is 3.09. The number of hydrogen-bond acceptors (Lipinski definition) is 4. The van der Waals surface area contributed by atoms with Crippen molar-refractivity contribution in [2.75, 3.05) is 11.8 Å². The summed E-state index contributed by atoms with van der Waals surface area (Å²) < 4.78 is 32.8. The number of aromatic nitrogens is 2. The van der Waals surface area contributed by atoms with Gasteiger partial charge in [0.15, 0.2) is 0 Å². The molecule has 27 heavy (non-hydrogen) atoms. The zero-order valence-corrected chi connectivity index (χ0v) is 15.3. The highest BCUT2D eigenvalue weighted by Gasteiger charge is 2.15. The fraction of sp³-hybridized carbons (Fsp3) is 0.0500. The largest absolute Gasteiger partial charge is 0.497 e. The van der Waals surface area contributed by atoms with E-state index in [0.717, 1.165) is 16.6 Å². The Morgan fingerprint density at radius 1 is 0.926 bits per heavy atom. The van der Waals surface area contributed by atoms with Gasteiger partial charge in [-0.2, -0.15) is 0 Å². The number of imidazole rings is 1. The third-order valence-corrected chi connectivity index (χ3v) is 5.57. The molecule has 136 valence electrons. The molecule has 0 atom stereocenters. The number of nitrogens with zero attached hydrogens (tertiary/aromatic N) is 1. The second-order valence-electron chi connectivity index (χ2n) is 5.96. The maximum Gasteiger partial charge on any atom is 0.261 e. The summed E-state index contributed by atoms with van der Waals surface area (Å²) in [5, 5.41) is 0. The number of ether oxygens (including phenoxy) is 1. The van der Waals surface area contributed by atoms with Crippen LogP contribution in [0.2, 0.25) is 0 Å². The van der Waals surface area contributed by atoms with Gasteiger partial charge >= 0.3 is 0 Å². The molecule has 3 aromatic carbocycles. The van der Waals surface area contributed by atoms with Gasteiger partial charge in [-0.25, -0.2) is 13.4 Å². The van der Waals surface area contributed by atoms with Crippen LogP contribution in [0.15, 0.2) is 77.7 Å². The van der Waals surface area contributed by atoms with Crippen LogP contribution in [-0.2, 0) is 10.0 Å². The van der Waals surface area contributed by atoms with Gasteiger partial charge in [0.05, 0.1) is 23.0 Å². The quantitative estimate of drug-likeness (QED) is 0.548. The number of aromatic amines is 1. The van der Waals surface area contributed by atoms with Gasteiger partial charge in [-0.1, -0.05) is 12.1 Å². The summed E-state index contributed by atoms with van der Waals surface area (Å²) in [4.78, 5) is 7.94. The SMILES string of the molecule is COc1ccc(NS(=O)(=O)c2ccc(-c3nc4ccccc4[nH]3)cc2)cc1. The standard InChI is InChI=1S/C20H17N3O3S/c1-26-16-10-8-15(9-11-16)23-27(24,25)17-12-6-14(7-13-17)20-21-18-4-2-3-5-19(18)22-20/h2-13,23H,1H3,(H,21,22). The topological polar surface area (TPSA) is 84.1 Å². The van der Waals surface area contributed by atoms with Crippen LogP contribution in [0, 0.1) is 0 Å². The zero-order valence-electron chi connectivity index (χ0n) is 14.5. The minimum atomic E-state index is -3.68. The van der Waals surface area contributed by atoms with Crippen LogP contribution in [-0.4, -0.2) is 25.5 Å². The normalized spacial score (nSPS) is 11.4. The zero-order chi connectivity index (χ0) is 18.9. The molecule has 0 fully saturated rings. The number of para-hydroxylation sites is 2. The Morgan fingerprint density at radius 2 is 1.63 bits per heavy atom. The first-order chi connectivity index (χ1) is 13.0. The van der Waals surface area contributed by atoms with Crippen molar-refractivity contribution < 1.29 is 13.2 Å². The van der Waals surface area contributed by atoms with E-state index in [9.17, 15) is 8.42 Å². The Bertz CT molecular complexity index is 1150. The van der Waals surface area contributed by atoms with E-state index in [-0.39, 0.29) is 4.90 Å². The Labute approximate surface area is 156 Å². The van der Waals surface area contributed by atoms with E-state index in [0.29, 0.717) is 17.3 Å². The molecule has 1 heterocycles. The first kappa shape index (κ1) is 17.1. The van der Waals surface area contributed by atoms with E-state index in [2.05, 4.69) is 14.7 Å². The monoisotopic (exact) mass is 379 g/mol. The molecule has 1 aromatic heterocycles. The number of nitrogens with one attached hydrogen (secondary N) is 2. The average molecular weight is 379 g/mol. The minimum Gasteiger partial charge on any atom is -0.497 e. The maximum atomic E-state index is 12.6. The molecule has 0 aliphatic heterocycles. The number of rotatable bonds is 5. The second-order valence-corrected chi connectivity index (χ2v) is 7.64. The van der Waals surface area contributed by atoms with Gasteiger partial charge in [-0.3, -0.25) is 4.72 Å². The Hall–Kier alpha value is -3.32. The maximum absolute atomic E-state index is 12.6. The molecular formula is C20H17N3O3S. The molecule has 0 aliphatic carbocycles. The van der Waals surface area contributed by atoms with E-state index >= 15 is 0 Å². The number of fused-ring (bicyclic) bond motifs is 1. The second kappa shape index (κ2) is 6.77. The molecule has 0 amide bonds. The summed E-state index contributed by atoms with van der Waals surface area (Å²) in [7, 11) is -2.12. The smallest absolute Gasteiger partial charge is 0.261 e. The highest BCUT2D eigenvalue weighted by Crippen LogP contribution is 2.23. The van der Waals surface area contributed by atoms with Gasteiger partial charge < -0.3 is 9.72 Å².